The number of sulfonamides is 1. The van der Waals surface area contributed by atoms with E-state index in [2.05, 4.69) is 20.0 Å². The van der Waals surface area contributed by atoms with E-state index in [1.807, 2.05) is 6.92 Å². The number of aryl methyl sites for hydroxylation is 1. The molecule has 0 amide bonds. The van der Waals surface area contributed by atoms with Crippen LogP contribution in [0.1, 0.15) is 5.56 Å². The van der Waals surface area contributed by atoms with E-state index in [-0.39, 0.29) is 10.7 Å². The average Bonchev–Trinajstić information content (AvgIpc) is 2.86. The Kier molecular flexibility index (Phi) is 2.87. The third-order valence-electron chi connectivity index (χ3n) is 2.73. The first-order chi connectivity index (χ1) is 9.54. The van der Waals surface area contributed by atoms with Crippen LogP contribution < -0.4 is 4.72 Å². The Morgan fingerprint density at radius 3 is 2.60 bits per heavy atom. The number of benzene rings is 1. The smallest absolute Gasteiger partial charge is 0.262 e. The molecule has 2 heterocycles. The normalized spacial score (nSPS) is 11.7. The molecule has 0 radical (unpaired) electrons. The van der Waals surface area contributed by atoms with E-state index in [4.69, 9.17) is 0 Å². The van der Waals surface area contributed by atoms with Crippen LogP contribution in [-0.2, 0) is 10.0 Å². The van der Waals surface area contributed by atoms with Gasteiger partial charge in [-0.25, -0.2) is 8.42 Å². The van der Waals surface area contributed by atoms with Gasteiger partial charge < -0.3 is 0 Å². The van der Waals surface area contributed by atoms with Crippen molar-refractivity contribution in [1.82, 2.24) is 19.8 Å². The Morgan fingerprint density at radius 2 is 1.85 bits per heavy atom. The van der Waals surface area contributed by atoms with Gasteiger partial charge in [-0.3, -0.25) is 4.72 Å². The largest absolute Gasteiger partial charge is 0.263 e. The van der Waals surface area contributed by atoms with Gasteiger partial charge in [-0.15, -0.1) is 15.3 Å². The summed E-state index contributed by atoms with van der Waals surface area (Å²) in [7, 11) is -3.65. The van der Waals surface area contributed by atoms with Gasteiger partial charge in [0.1, 0.15) is 6.33 Å². The van der Waals surface area contributed by atoms with E-state index in [1.165, 1.54) is 16.9 Å². The number of hydrogen-bond donors (Lipinski definition) is 1. The fourth-order valence-electron chi connectivity index (χ4n) is 1.70. The second-order valence-electron chi connectivity index (χ2n) is 4.27. The van der Waals surface area contributed by atoms with E-state index >= 15 is 0 Å². The van der Waals surface area contributed by atoms with E-state index in [9.17, 15) is 8.42 Å². The summed E-state index contributed by atoms with van der Waals surface area (Å²) in [5.74, 6) is 0.206. The predicted octanol–water partition coefficient (Wildman–Crippen LogP) is 1.23. The van der Waals surface area contributed by atoms with Crippen molar-refractivity contribution in [2.75, 3.05) is 4.72 Å². The second kappa shape index (κ2) is 4.57. The minimum absolute atomic E-state index is 0.189. The quantitative estimate of drug-likeness (QED) is 0.783. The Balaban J connectivity index is 1.94. The van der Waals surface area contributed by atoms with Crippen molar-refractivity contribution in [3.05, 3.63) is 48.3 Å². The first-order valence-corrected chi connectivity index (χ1v) is 7.29. The standard InChI is InChI=1S/C12H11N5O2S/c1-9-2-4-10(5-3-9)20(18,19)16-11-6-7-12-14-13-8-17(12)15-11/h2-8H,1H3,(H,15,16). The van der Waals surface area contributed by atoms with Crippen LogP contribution in [0.3, 0.4) is 0 Å². The minimum Gasteiger partial charge on any atom is -0.262 e. The van der Waals surface area contributed by atoms with Gasteiger partial charge in [0.2, 0.25) is 0 Å². The van der Waals surface area contributed by atoms with Crippen molar-refractivity contribution in [3.63, 3.8) is 0 Å². The van der Waals surface area contributed by atoms with Crippen molar-refractivity contribution >= 4 is 21.5 Å². The van der Waals surface area contributed by atoms with Gasteiger partial charge in [-0.2, -0.15) is 4.52 Å². The van der Waals surface area contributed by atoms with Crippen LogP contribution in [0.5, 0.6) is 0 Å². The van der Waals surface area contributed by atoms with Crippen LogP contribution in [0.2, 0.25) is 0 Å². The second-order valence-corrected chi connectivity index (χ2v) is 5.95. The monoisotopic (exact) mass is 289 g/mol. The summed E-state index contributed by atoms with van der Waals surface area (Å²) < 4.78 is 28.2. The van der Waals surface area contributed by atoms with E-state index in [1.54, 1.807) is 30.3 Å². The topological polar surface area (TPSA) is 89.2 Å². The van der Waals surface area contributed by atoms with Crippen LogP contribution in [0.4, 0.5) is 5.82 Å². The number of aromatic nitrogens is 4. The molecule has 0 aliphatic heterocycles. The maximum absolute atomic E-state index is 12.2. The maximum Gasteiger partial charge on any atom is 0.263 e. The van der Waals surface area contributed by atoms with Crippen LogP contribution >= 0.6 is 0 Å². The van der Waals surface area contributed by atoms with Crippen molar-refractivity contribution in [2.24, 2.45) is 0 Å². The molecular weight excluding hydrogens is 278 g/mol. The fourth-order valence-corrected chi connectivity index (χ4v) is 2.69. The zero-order valence-electron chi connectivity index (χ0n) is 10.6. The predicted molar refractivity (Wildman–Crippen MR) is 72.8 cm³/mol. The fraction of sp³-hybridized carbons (Fsp3) is 0.0833. The number of nitrogens with zero attached hydrogens (tertiary/aromatic N) is 4. The van der Waals surface area contributed by atoms with Crippen LogP contribution in [0.15, 0.2) is 47.6 Å². The lowest BCUT2D eigenvalue weighted by molar-refractivity contribution is 0.601. The Bertz CT molecular complexity index is 855. The lowest BCUT2D eigenvalue weighted by Crippen LogP contribution is -2.14. The lowest BCUT2D eigenvalue weighted by atomic mass is 10.2. The zero-order chi connectivity index (χ0) is 14.2. The molecule has 7 nitrogen and oxygen atoms in total. The molecule has 0 unspecified atom stereocenters. The summed E-state index contributed by atoms with van der Waals surface area (Å²) in [6, 6.07) is 9.75. The van der Waals surface area contributed by atoms with Crippen molar-refractivity contribution in [3.8, 4) is 0 Å². The number of rotatable bonds is 3. The van der Waals surface area contributed by atoms with Crippen molar-refractivity contribution in [2.45, 2.75) is 11.8 Å². The van der Waals surface area contributed by atoms with Gasteiger partial charge in [0.25, 0.3) is 10.0 Å². The number of nitrogens with one attached hydrogen (secondary N) is 1. The van der Waals surface area contributed by atoms with Gasteiger partial charge in [-0.1, -0.05) is 17.7 Å². The first kappa shape index (κ1) is 12.5. The minimum atomic E-state index is -3.65. The zero-order valence-corrected chi connectivity index (χ0v) is 11.4. The first-order valence-electron chi connectivity index (χ1n) is 5.81. The van der Waals surface area contributed by atoms with Gasteiger partial charge in [0.05, 0.1) is 4.90 Å². The molecule has 0 fully saturated rings. The molecule has 3 aromatic rings. The van der Waals surface area contributed by atoms with Crippen LogP contribution in [-0.4, -0.2) is 28.2 Å². The molecule has 8 heteroatoms. The van der Waals surface area contributed by atoms with Gasteiger partial charge >= 0.3 is 0 Å². The molecule has 0 aliphatic rings. The Hall–Kier alpha value is -2.48. The summed E-state index contributed by atoms with van der Waals surface area (Å²) in [6.45, 7) is 1.89. The molecule has 2 aromatic heterocycles. The summed E-state index contributed by atoms with van der Waals surface area (Å²) in [5, 5.41) is 11.5. The molecule has 1 N–H and O–H groups in total. The molecule has 1 aromatic carbocycles. The molecule has 102 valence electrons. The highest BCUT2D eigenvalue weighted by Gasteiger charge is 2.14. The molecule has 0 atom stereocenters. The number of anilines is 1. The average molecular weight is 289 g/mol. The van der Waals surface area contributed by atoms with Crippen molar-refractivity contribution < 1.29 is 8.42 Å². The molecule has 0 saturated carbocycles. The Morgan fingerprint density at radius 1 is 1.10 bits per heavy atom. The summed E-state index contributed by atoms with van der Waals surface area (Å²) >= 11 is 0. The molecule has 0 aliphatic carbocycles. The lowest BCUT2D eigenvalue weighted by Gasteiger charge is -2.07. The highest BCUT2D eigenvalue weighted by atomic mass is 32.2. The van der Waals surface area contributed by atoms with E-state index in [0.717, 1.165) is 5.56 Å². The van der Waals surface area contributed by atoms with Gasteiger partial charge in [0, 0.05) is 0 Å². The molecule has 0 saturated heterocycles. The third kappa shape index (κ3) is 2.32. The third-order valence-corrected chi connectivity index (χ3v) is 4.10. The molecular formula is C12H11N5O2S. The maximum atomic E-state index is 12.2. The summed E-state index contributed by atoms with van der Waals surface area (Å²) in [5.41, 5.74) is 1.54. The van der Waals surface area contributed by atoms with E-state index in [0.29, 0.717) is 5.65 Å². The summed E-state index contributed by atoms with van der Waals surface area (Å²) in [4.78, 5) is 0.189. The molecule has 0 bridgehead atoms. The van der Waals surface area contributed by atoms with Gasteiger partial charge in [-0.05, 0) is 31.2 Å². The highest BCUT2D eigenvalue weighted by molar-refractivity contribution is 7.92. The molecule has 3 rings (SSSR count). The molecule has 20 heavy (non-hydrogen) atoms. The Labute approximate surface area is 115 Å². The molecule has 0 spiro atoms. The summed E-state index contributed by atoms with van der Waals surface area (Å²) in [6.07, 6.45) is 1.40. The SMILES string of the molecule is Cc1ccc(S(=O)(=O)Nc2ccc3nncn3n2)cc1. The number of fused-ring (bicyclic) bond motifs is 1. The highest BCUT2D eigenvalue weighted by Crippen LogP contribution is 2.15. The van der Waals surface area contributed by atoms with E-state index < -0.39 is 10.0 Å². The van der Waals surface area contributed by atoms with Gasteiger partial charge in [0.15, 0.2) is 11.5 Å². The van der Waals surface area contributed by atoms with Crippen molar-refractivity contribution in [1.29, 1.82) is 0 Å². The number of hydrogen-bond acceptors (Lipinski definition) is 5. The van der Waals surface area contributed by atoms with Crippen LogP contribution in [0, 0.1) is 6.92 Å². The van der Waals surface area contributed by atoms with Crippen LogP contribution in [0.25, 0.3) is 5.65 Å².